The number of benzene rings is 1. The Hall–Kier alpha value is -2.86. The summed E-state index contributed by atoms with van der Waals surface area (Å²) in [6, 6.07) is 3.11. The van der Waals surface area contributed by atoms with Gasteiger partial charge in [0.25, 0.3) is 21.7 Å². The Balaban J connectivity index is 2.39. The largest absolute Gasteiger partial charge is 0.318 e. The van der Waals surface area contributed by atoms with Gasteiger partial charge in [-0.15, -0.1) is 5.10 Å². The standard InChI is InChI=1S/C9H9N7O4S/c10-13-7-5-6(1-2-8(7)16(17)18)21(19,20)15-9-11-3-4-12-14-9/h1-5,13H,10H2,(H,11,14,15). The molecule has 12 heteroatoms. The Bertz CT molecular complexity index is 765. The molecule has 0 saturated carbocycles. The van der Waals surface area contributed by atoms with Gasteiger partial charge in [-0.2, -0.15) is 5.10 Å². The van der Waals surface area contributed by atoms with Crippen molar-refractivity contribution in [2.75, 3.05) is 10.1 Å². The Morgan fingerprint density at radius 1 is 1.29 bits per heavy atom. The third kappa shape index (κ3) is 3.18. The first-order valence-corrected chi connectivity index (χ1v) is 6.84. The molecule has 0 spiro atoms. The molecule has 0 aliphatic carbocycles. The van der Waals surface area contributed by atoms with E-state index in [2.05, 4.69) is 25.3 Å². The van der Waals surface area contributed by atoms with E-state index in [4.69, 9.17) is 5.84 Å². The third-order valence-corrected chi connectivity index (χ3v) is 3.66. The first-order valence-electron chi connectivity index (χ1n) is 5.35. The van der Waals surface area contributed by atoms with Crippen molar-refractivity contribution >= 4 is 27.3 Å². The molecule has 0 saturated heterocycles. The van der Waals surface area contributed by atoms with Gasteiger partial charge in [0.2, 0.25) is 0 Å². The Labute approximate surface area is 118 Å². The van der Waals surface area contributed by atoms with Crippen molar-refractivity contribution in [3.63, 3.8) is 0 Å². The number of rotatable bonds is 5. The SMILES string of the molecule is NNc1cc(S(=O)(=O)Nc2nccnn2)ccc1[N+](=O)[O-]. The minimum absolute atomic E-state index is 0.144. The van der Waals surface area contributed by atoms with E-state index < -0.39 is 14.9 Å². The number of nitrogens with zero attached hydrogens (tertiary/aromatic N) is 4. The van der Waals surface area contributed by atoms with Crippen molar-refractivity contribution in [2.45, 2.75) is 4.90 Å². The number of nitrogens with one attached hydrogen (secondary N) is 2. The smallest absolute Gasteiger partial charge is 0.293 e. The number of anilines is 2. The number of aromatic nitrogens is 3. The molecule has 0 aliphatic rings. The molecule has 1 heterocycles. The predicted octanol–water partition coefficient (Wildman–Crippen LogP) is -0.134. The van der Waals surface area contributed by atoms with Gasteiger partial charge in [-0.05, 0) is 12.1 Å². The van der Waals surface area contributed by atoms with Crippen LogP contribution in [0.1, 0.15) is 0 Å². The maximum absolute atomic E-state index is 12.1. The number of nitro groups is 1. The fourth-order valence-electron chi connectivity index (χ4n) is 1.43. The summed E-state index contributed by atoms with van der Waals surface area (Å²) >= 11 is 0. The highest BCUT2D eigenvalue weighted by atomic mass is 32.2. The minimum atomic E-state index is -4.02. The monoisotopic (exact) mass is 311 g/mol. The van der Waals surface area contributed by atoms with Gasteiger partial charge in [-0.3, -0.25) is 16.0 Å². The molecule has 4 N–H and O–H groups in total. The van der Waals surface area contributed by atoms with Gasteiger partial charge < -0.3 is 5.43 Å². The first kappa shape index (κ1) is 14.5. The molecule has 0 bridgehead atoms. The second kappa shape index (κ2) is 5.64. The highest BCUT2D eigenvalue weighted by Crippen LogP contribution is 2.27. The molecule has 0 amide bonds. The summed E-state index contributed by atoms with van der Waals surface area (Å²) in [6.07, 6.45) is 2.54. The molecule has 110 valence electrons. The average molecular weight is 311 g/mol. The molecule has 1 aromatic carbocycles. The highest BCUT2D eigenvalue weighted by molar-refractivity contribution is 7.92. The number of hydrogen-bond donors (Lipinski definition) is 3. The summed E-state index contributed by atoms with van der Waals surface area (Å²) in [4.78, 5) is 13.5. The van der Waals surface area contributed by atoms with E-state index in [-0.39, 0.29) is 22.2 Å². The fraction of sp³-hybridized carbons (Fsp3) is 0. The summed E-state index contributed by atoms with van der Waals surface area (Å²) in [6.45, 7) is 0. The molecule has 21 heavy (non-hydrogen) atoms. The van der Waals surface area contributed by atoms with Crippen LogP contribution in [0.5, 0.6) is 0 Å². The van der Waals surface area contributed by atoms with E-state index >= 15 is 0 Å². The molecule has 0 unspecified atom stereocenters. The molecular weight excluding hydrogens is 302 g/mol. The molecule has 0 atom stereocenters. The maximum atomic E-state index is 12.1. The summed E-state index contributed by atoms with van der Waals surface area (Å²) < 4.78 is 26.3. The van der Waals surface area contributed by atoms with Gasteiger partial charge in [-0.25, -0.2) is 18.1 Å². The average Bonchev–Trinajstić information content (AvgIpc) is 2.47. The van der Waals surface area contributed by atoms with Crippen LogP contribution >= 0.6 is 0 Å². The van der Waals surface area contributed by atoms with E-state index in [1.165, 1.54) is 12.4 Å². The summed E-state index contributed by atoms with van der Waals surface area (Å²) in [5.74, 6) is 4.92. The Morgan fingerprint density at radius 3 is 2.62 bits per heavy atom. The number of nitro benzene ring substituents is 1. The van der Waals surface area contributed by atoms with Crippen LogP contribution in [0.3, 0.4) is 0 Å². The van der Waals surface area contributed by atoms with Crippen LogP contribution in [0, 0.1) is 10.1 Å². The number of hydrazine groups is 1. The lowest BCUT2D eigenvalue weighted by atomic mass is 10.3. The zero-order chi connectivity index (χ0) is 15.5. The fourth-order valence-corrected chi connectivity index (χ4v) is 2.40. The normalized spacial score (nSPS) is 10.9. The topological polar surface area (TPSA) is 166 Å². The number of hydrogen-bond acceptors (Lipinski definition) is 9. The molecule has 1 aromatic heterocycles. The van der Waals surface area contributed by atoms with E-state index in [0.717, 1.165) is 18.2 Å². The van der Waals surface area contributed by atoms with Crippen LogP contribution in [-0.4, -0.2) is 28.5 Å². The summed E-state index contributed by atoms with van der Waals surface area (Å²) in [5.41, 5.74) is 1.58. The lowest BCUT2D eigenvalue weighted by Gasteiger charge is -2.08. The van der Waals surface area contributed by atoms with Crippen molar-refractivity contribution in [2.24, 2.45) is 5.84 Å². The van der Waals surface area contributed by atoms with Gasteiger partial charge in [0.15, 0.2) is 0 Å². The number of nitrogen functional groups attached to an aromatic ring is 1. The molecular formula is C9H9N7O4S. The summed E-state index contributed by atoms with van der Waals surface area (Å²) in [7, 11) is -4.02. The molecule has 2 rings (SSSR count). The molecule has 0 fully saturated rings. The van der Waals surface area contributed by atoms with Gasteiger partial charge in [0.1, 0.15) is 5.69 Å². The van der Waals surface area contributed by atoms with E-state index in [1.54, 1.807) is 0 Å². The first-order chi connectivity index (χ1) is 9.94. The maximum Gasteiger partial charge on any atom is 0.293 e. The number of sulfonamides is 1. The molecule has 0 radical (unpaired) electrons. The summed E-state index contributed by atoms with van der Waals surface area (Å²) in [5, 5.41) is 17.7. The quantitative estimate of drug-likeness (QED) is 0.387. The highest BCUT2D eigenvalue weighted by Gasteiger charge is 2.21. The van der Waals surface area contributed by atoms with E-state index in [0.29, 0.717) is 0 Å². The lowest BCUT2D eigenvalue weighted by molar-refractivity contribution is -0.384. The van der Waals surface area contributed by atoms with Crippen molar-refractivity contribution < 1.29 is 13.3 Å². The van der Waals surface area contributed by atoms with Gasteiger partial charge in [-0.1, -0.05) is 0 Å². The van der Waals surface area contributed by atoms with Gasteiger partial charge >= 0.3 is 0 Å². The molecule has 2 aromatic rings. The third-order valence-electron chi connectivity index (χ3n) is 2.34. The van der Waals surface area contributed by atoms with E-state index in [9.17, 15) is 18.5 Å². The second-order valence-corrected chi connectivity index (χ2v) is 5.33. The van der Waals surface area contributed by atoms with Crippen molar-refractivity contribution in [1.82, 2.24) is 15.2 Å². The van der Waals surface area contributed by atoms with Crippen LogP contribution in [0.15, 0.2) is 35.5 Å². The van der Waals surface area contributed by atoms with Crippen LogP contribution in [0.2, 0.25) is 0 Å². The Morgan fingerprint density at radius 2 is 2.05 bits per heavy atom. The molecule has 11 nitrogen and oxygen atoms in total. The second-order valence-electron chi connectivity index (χ2n) is 3.65. The van der Waals surface area contributed by atoms with Crippen LogP contribution < -0.4 is 16.0 Å². The van der Waals surface area contributed by atoms with Crippen LogP contribution in [0.4, 0.5) is 17.3 Å². The van der Waals surface area contributed by atoms with Crippen molar-refractivity contribution in [3.05, 3.63) is 40.7 Å². The van der Waals surface area contributed by atoms with E-state index in [1.807, 2.05) is 0 Å². The van der Waals surface area contributed by atoms with Crippen molar-refractivity contribution in [3.8, 4) is 0 Å². The Kier molecular flexibility index (Phi) is 3.91. The van der Waals surface area contributed by atoms with Gasteiger partial charge in [0, 0.05) is 6.07 Å². The lowest BCUT2D eigenvalue weighted by Crippen LogP contribution is -2.16. The minimum Gasteiger partial charge on any atom is -0.318 e. The van der Waals surface area contributed by atoms with Crippen molar-refractivity contribution in [1.29, 1.82) is 0 Å². The zero-order valence-electron chi connectivity index (χ0n) is 10.3. The molecule has 0 aliphatic heterocycles. The number of nitrogens with two attached hydrogens (primary N) is 1. The zero-order valence-corrected chi connectivity index (χ0v) is 11.1. The van der Waals surface area contributed by atoms with Gasteiger partial charge in [0.05, 0.1) is 22.2 Å². The predicted molar refractivity (Wildman–Crippen MR) is 71.5 cm³/mol. The van der Waals surface area contributed by atoms with Crippen LogP contribution in [0.25, 0.3) is 0 Å². The van der Waals surface area contributed by atoms with Crippen LogP contribution in [-0.2, 0) is 10.0 Å².